The highest BCUT2D eigenvalue weighted by molar-refractivity contribution is 5.67. The van der Waals surface area contributed by atoms with E-state index in [-0.39, 0.29) is 0 Å². The van der Waals surface area contributed by atoms with E-state index in [2.05, 4.69) is 70.2 Å². The van der Waals surface area contributed by atoms with Crippen molar-refractivity contribution in [2.75, 3.05) is 0 Å². The van der Waals surface area contributed by atoms with Crippen LogP contribution >= 0.6 is 0 Å². The molecule has 0 amide bonds. The molecule has 0 spiro atoms. The zero-order valence-corrected chi connectivity index (χ0v) is 13.9. The van der Waals surface area contributed by atoms with E-state index in [0.717, 1.165) is 22.6 Å². The van der Waals surface area contributed by atoms with Crippen LogP contribution in [-0.4, -0.2) is 29.6 Å². The molecule has 3 heterocycles. The zero-order valence-electron chi connectivity index (χ0n) is 13.9. The van der Waals surface area contributed by atoms with E-state index in [9.17, 15) is 0 Å². The van der Waals surface area contributed by atoms with Gasteiger partial charge in [0, 0.05) is 11.8 Å². The monoisotopic (exact) mass is 318 g/mol. The smallest absolute Gasteiger partial charge is 0.171 e. The van der Waals surface area contributed by atoms with Crippen LogP contribution in [-0.2, 0) is 6.54 Å². The molecule has 0 aliphatic heterocycles. The molecule has 3 aromatic heterocycles. The fourth-order valence-corrected chi connectivity index (χ4v) is 2.82. The third-order valence-electron chi connectivity index (χ3n) is 4.03. The Hall–Kier alpha value is -3.02. The first-order chi connectivity index (χ1) is 11.6. The first-order valence-electron chi connectivity index (χ1n) is 7.89. The number of benzene rings is 1. The molecule has 0 fully saturated rings. The van der Waals surface area contributed by atoms with Crippen LogP contribution in [0.1, 0.15) is 22.6 Å². The fraction of sp³-hybridized carbons (Fsp3) is 0.222. The van der Waals surface area contributed by atoms with Crippen molar-refractivity contribution in [3.63, 3.8) is 0 Å². The maximum atomic E-state index is 4.83. The van der Waals surface area contributed by atoms with Crippen molar-refractivity contribution in [3.8, 4) is 11.3 Å². The van der Waals surface area contributed by atoms with E-state index in [0.29, 0.717) is 12.4 Å². The van der Waals surface area contributed by atoms with Crippen molar-refractivity contribution in [2.45, 2.75) is 27.3 Å². The normalized spacial score (nSPS) is 11.3. The Bertz CT molecular complexity index is 1010. The summed E-state index contributed by atoms with van der Waals surface area (Å²) in [4.78, 5) is 6.44. The second-order valence-corrected chi connectivity index (χ2v) is 6.07. The molecule has 0 unspecified atom stereocenters. The van der Waals surface area contributed by atoms with E-state index in [1.807, 2.05) is 13.0 Å². The SMILES string of the molecule is Cc1ccc(-c2nc3ccc(C)cn3c2Cn2nnc(C)n2)cc1. The minimum absolute atomic E-state index is 0.522. The Balaban J connectivity index is 1.91. The van der Waals surface area contributed by atoms with E-state index in [1.54, 1.807) is 4.80 Å². The number of imidazole rings is 1. The van der Waals surface area contributed by atoms with Crippen molar-refractivity contribution in [3.05, 3.63) is 65.2 Å². The lowest BCUT2D eigenvalue weighted by molar-refractivity contribution is 0.561. The average Bonchev–Trinajstić information content (AvgIpc) is 3.13. The Morgan fingerprint density at radius 3 is 2.38 bits per heavy atom. The van der Waals surface area contributed by atoms with E-state index < -0.39 is 0 Å². The highest BCUT2D eigenvalue weighted by Crippen LogP contribution is 2.25. The van der Waals surface area contributed by atoms with Gasteiger partial charge >= 0.3 is 0 Å². The number of nitrogens with zero attached hydrogens (tertiary/aromatic N) is 6. The highest BCUT2D eigenvalue weighted by atomic mass is 15.6. The van der Waals surface area contributed by atoms with Crippen molar-refractivity contribution >= 4 is 5.65 Å². The van der Waals surface area contributed by atoms with Crippen LogP contribution in [0, 0.1) is 20.8 Å². The number of aryl methyl sites for hydroxylation is 3. The Labute approximate surface area is 139 Å². The molecular formula is C18H18N6. The van der Waals surface area contributed by atoms with Crippen LogP contribution in [0.2, 0.25) is 0 Å². The van der Waals surface area contributed by atoms with Gasteiger partial charge in [0.05, 0.1) is 11.4 Å². The lowest BCUT2D eigenvalue weighted by Gasteiger charge is -2.05. The topological polar surface area (TPSA) is 60.9 Å². The molecule has 0 aliphatic carbocycles. The number of fused-ring (bicyclic) bond motifs is 1. The predicted octanol–water partition coefficient (Wildman–Crippen LogP) is 2.96. The lowest BCUT2D eigenvalue weighted by atomic mass is 10.1. The summed E-state index contributed by atoms with van der Waals surface area (Å²) in [5, 5.41) is 12.4. The van der Waals surface area contributed by atoms with Crippen molar-refractivity contribution in [1.82, 2.24) is 29.6 Å². The van der Waals surface area contributed by atoms with Crippen molar-refractivity contribution < 1.29 is 0 Å². The van der Waals surface area contributed by atoms with Gasteiger partial charge in [0.15, 0.2) is 5.82 Å². The molecule has 0 saturated carbocycles. The molecule has 4 aromatic rings. The van der Waals surface area contributed by atoms with E-state index in [1.165, 1.54) is 11.1 Å². The summed E-state index contributed by atoms with van der Waals surface area (Å²) in [6.07, 6.45) is 2.10. The van der Waals surface area contributed by atoms with Gasteiger partial charge in [-0.2, -0.15) is 4.80 Å². The van der Waals surface area contributed by atoms with Crippen LogP contribution < -0.4 is 0 Å². The Morgan fingerprint density at radius 2 is 1.67 bits per heavy atom. The summed E-state index contributed by atoms with van der Waals surface area (Å²) in [6.45, 7) is 6.52. The molecule has 0 atom stereocenters. The predicted molar refractivity (Wildman–Crippen MR) is 91.8 cm³/mol. The molecule has 0 bridgehead atoms. The molecule has 0 radical (unpaired) electrons. The van der Waals surface area contributed by atoms with Gasteiger partial charge in [-0.05, 0) is 37.6 Å². The average molecular weight is 318 g/mol. The Kier molecular flexibility index (Phi) is 3.37. The number of pyridine rings is 1. The maximum absolute atomic E-state index is 4.83. The first-order valence-corrected chi connectivity index (χ1v) is 7.89. The first kappa shape index (κ1) is 14.6. The number of tetrazole rings is 1. The van der Waals surface area contributed by atoms with Gasteiger partial charge in [-0.15, -0.1) is 10.2 Å². The quantitative estimate of drug-likeness (QED) is 0.582. The van der Waals surface area contributed by atoms with Crippen LogP contribution in [0.5, 0.6) is 0 Å². The van der Waals surface area contributed by atoms with Gasteiger partial charge in [0.1, 0.15) is 12.2 Å². The van der Waals surface area contributed by atoms with Crippen LogP contribution in [0.3, 0.4) is 0 Å². The zero-order chi connectivity index (χ0) is 16.7. The van der Waals surface area contributed by atoms with Gasteiger partial charge < -0.3 is 4.40 Å². The highest BCUT2D eigenvalue weighted by Gasteiger charge is 2.15. The summed E-state index contributed by atoms with van der Waals surface area (Å²) < 4.78 is 2.11. The van der Waals surface area contributed by atoms with Gasteiger partial charge in [-0.3, -0.25) is 0 Å². The second-order valence-electron chi connectivity index (χ2n) is 6.07. The number of hydrogen-bond acceptors (Lipinski definition) is 4. The molecule has 0 saturated heterocycles. The fourth-order valence-electron chi connectivity index (χ4n) is 2.82. The van der Waals surface area contributed by atoms with Crippen molar-refractivity contribution in [1.29, 1.82) is 0 Å². The minimum Gasteiger partial charge on any atom is -0.301 e. The third kappa shape index (κ3) is 2.56. The summed E-state index contributed by atoms with van der Waals surface area (Å²) >= 11 is 0. The largest absolute Gasteiger partial charge is 0.301 e. The van der Waals surface area contributed by atoms with Gasteiger partial charge in [-0.25, -0.2) is 4.98 Å². The third-order valence-corrected chi connectivity index (χ3v) is 4.03. The van der Waals surface area contributed by atoms with Gasteiger partial charge in [0.25, 0.3) is 0 Å². The van der Waals surface area contributed by atoms with E-state index in [4.69, 9.17) is 4.98 Å². The van der Waals surface area contributed by atoms with Gasteiger partial charge in [-0.1, -0.05) is 35.9 Å². The summed E-state index contributed by atoms with van der Waals surface area (Å²) in [5.74, 6) is 0.664. The van der Waals surface area contributed by atoms with E-state index >= 15 is 0 Å². The molecule has 6 nitrogen and oxygen atoms in total. The minimum atomic E-state index is 0.522. The summed E-state index contributed by atoms with van der Waals surface area (Å²) in [7, 11) is 0. The molecule has 1 aromatic carbocycles. The second kappa shape index (κ2) is 5.56. The number of hydrogen-bond donors (Lipinski definition) is 0. The maximum Gasteiger partial charge on any atom is 0.171 e. The van der Waals surface area contributed by atoms with Crippen LogP contribution in [0.4, 0.5) is 0 Å². The number of aromatic nitrogens is 6. The summed E-state index contributed by atoms with van der Waals surface area (Å²) in [6, 6.07) is 12.5. The molecule has 4 rings (SSSR count). The lowest BCUT2D eigenvalue weighted by Crippen LogP contribution is -2.08. The van der Waals surface area contributed by atoms with Crippen LogP contribution in [0.25, 0.3) is 16.9 Å². The summed E-state index contributed by atoms with van der Waals surface area (Å²) in [5.41, 5.74) is 6.43. The van der Waals surface area contributed by atoms with Crippen molar-refractivity contribution in [2.24, 2.45) is 0 Å². The molecule has 120 valence electrons. The van der Waals surface area contributed by atoms with Gasteiger partial charge in [0.2, 0.25) is 0 Å². The Morgan fingerprint density at radius 1 is 0.917 bits per heavy atom. The standard InChI is InChI=1S/C18H18N6/c1-12-4-7-15(8-5-12)18-16(11-24-21-14(3)20-22-24)23-10-13(2)6-9-17(23)19-18/h4-10H,11H2,1-3H3. The van der Waals surface area contributed by atoms with Crippen LogP contribution in [0.15, 0.2) is 42.6 Å². The molecule has 0 N–H and O–H groups in total. The molecular weight excluding hydrogens is 300 g/mol. The molecule has 24 heavy (non-hydrogen) atoms. The molecule has 6 heteroatoms. The molecule has 0 aliphatic rings. The number of rotatable bonds is 3.